The van der Waals surface area contributed by atoms with Gasteiger partial charge < -0.3 is 20.1 Å². The number of hydrogen-bond acceptors (Lipinski definition) is 8. The van der Waals surface area contributed by atoms with Crippen LogP contribution in [0, 0.1) is 0 Å². The predicted molar refractivity (Wildman–Crippen MR) is 357 cm³/mol. The molecule has 0 bridgehead atoms. The zero-order valence-electron chi connectivity index (χ0n) is 52.9. The molecule has 0 radical (unpaired) electrons. The maximum Gasteiger partial charge on any atom is 0.472 e. The molecule has 0 aromatic rings. The Kier molecular flexibility index (Phi) is 63.7. The van der Waals surface area contributed by atoms with E-state index in [1.807, 2.05) is 0 Å². The van der Waals surface area contributed by atoms with Crippen LogP contribution in [-0.4, -0.2) is 49.3 Å². The number of nitrogens with two attached hydrogens (primary N) is 1. The molecule has 2 atom stereocenters. The van der Waals surface area contributed by atoms with Gasteiger partial charge in [0.05, 0.1) is 13.2 Å². The minimum atomic E-state index is -4.40. The van der Waals surface area contributed by atoms with Gasteiger partial charge in [0.15, 0.2) is 6.10 Å². The molecule has 3 N–H and O–H groups in total. The second kappa shape index (κ2) is 67.0. The standard InChI is InChI=1S/C73H122NO8P/c1-3-5-7-9-11-13-15-17-19-21-23-25-27-29-31-33-35-37-39-41-43-45-47-49-51-53-55-57-59-61-63-65-72(75)79-69-71(70-81-83(77,78)80-68-67-74)82-73(76)66-64-62-60-58-56-54-52-50-48-46-44-42-40-38-36-34-32-30-28-26-24-22-20-18-16-14-12-10-8-6-4-2/h5-8,11-14,17-20,23-26,29-32,36,38,42,44,71H,3-4,9-10,15-16,21-22,27-28,33-35,37,39-41,43,45-70,74H2,1-2H3,(H,77,78)/b7-5-,8-6-,13-11-,14-12-,19-17-,20-18-,25-23-,26-24-,31-29-,32-30-,38-36-,44-42-. The first-order valence-corrected chi connectivity index (χ1v) is 34.8. The third-order valence-electron chi connectivity index (χ3n) is 13.7. The Balaban J connectivity index is 3.96. The van der Waals surface area contributed by atoms with E-state index in [0.29, 0.717) is 6.42 Å². The van der Waals surface area contributed by atoms with E-state index in [1.165, 1.54) is 116 Å². The molecule has 2 unspecified atom stereocenters. The Bertz CT molecular complexity index is 1870. The van der Waals surface area contributed by atoms with Crippen molar-refractivity contribution in [1.82, 2.24) is 0 Å². The number of rotatable bonds is 61. The van der Waals surface area contributed by atoms with Gasteiger partial charge >= 0.3 is 19.8 Å². The third-order valence-corrected chi connectivity index (χ3v) is 14.7. The maximum atomic E-state index is 12.8. The molecule has 0 aromatic heterocycles. The summed E-state index contributed by atoms with van der Waals surface area (Å²) in [5.74, 6) is -0.838. The summed E-state index contributed by atoms with van der Waals surface area (Å²) >= 11 is 0. The molecular formula is C73H122NO8P. The van der Waals surface area contributed by atoms with E-state index in [-0.39, 0.29) is 38.6 Å². The van der Waals surface area contributed by atoms with Crippen LogP contribution in [0.1, 0.15) is 271 Å². The maximum absolute atomic E-state index is 12.8. The van der Waals surface area contributed by atoms with Crippen LogP contribution in [0.15, 0.2) is 146 Å². The van der Waals surface area contributed by atoms with Crippen LogP contribution in [-0.2, 0) is 32.7 Å². The van der Waals surface area contributed by atoms with Crippen LogP contribution in [0.5, 0.6) is 0 Å². The quantitative estimate of drug-likeness (QED) is 0.0264. The molecule has 0 saturated carbocycles. The van der Waals surface area contributed by atoms with Gasteiger partial charge in [0.1, 0.15) is 6.61 Å². The summed E-state index contributed by atoms with van der Waals surface area (Å²) in [5.41, 5.74) is 5.40. The molecule has 10 heteroatoms. The van der Waals surface area contributed by atoms with Crippen LogP contribution in [0.4, 0.5) is 0 Å². The van der Waals surface area contributed by atoms with Gasteiger partial charge in [-0.3, -0.25) is 18.6 Å². The summed E-state index contributed by atoms with van der Waals surface area (Å²) in [6.07, 6.45) is 96.3. The fraction of sp³-hybridized carbons (Fsp3) is 0.644. The highest BCUT2D eigenvalue weighted by molar-refractivity contribution is 7.47. The van der Waals surface area contributed by atoms with E-state index in [4.69, 9.17) is 24.3 Å². The largest absolute Gasteiger partial charge is 0.472 e. The summed E-state index contributed by atoms with van der Waals surface area (Å²) in [4.78, 5) is 35.3. The molecule has 0 heterocycles. The molecule has 0 aliphatic rings. The van der Waals surface area contributed by atoms with Gasteiger partial charge in [-0.25, -0.2) is 4.57 Å². The molecule has 0 aliphatic heterocycles. The average Bonchev–Trinajstić information content (AvgIpc) is 3.48. The van der Waals surface area contributed by atoms with Crippen LogP contribution >= 0.6 is 7.82 Å². The van der Waals surface area contributed by atoms with Gasteiger partial charge in [0.25, 0.3) is 0 Å². The number of esters is 2. The second-order valence-corrected chi connectivity index (χ2v) is 23.0. The zero-order chi connectivity index (χ0) is 60.1. The lowest BCUT2D eigenvalue weighted by Gasteiger charge is -2.19. The normalized spacial score (nSPS) is 13.9. The van der Waals surface area contributed by atoms with Crippen molar-refractivity contribution in [2.75, 3.05) is 26.4 Å². The van der Waals surface area contributed by atoms with Crippen molar-refractivity contribution < 1.29 is 37.6 Å². The molecule has 0 amide bonds. The van der Waals surface area contributed by atoms with Gasteiger partial charge in [-0.2, -0.15) is 0 Å². The monoisotopic (exact) mass is 1170 g/mol. The molecule has 0 fully saturated rings. The highest BCUT2D eigenvalue weighted by Crippen LogP contribution is 2.43. The molecule has 0 spiro atoms. The predicted octanol–water partition coefficient (Wildman–Crippen LogP) is 21.9. The fourth-order valence-electron chi connectivity index (χ4n) is 8.88. The van der Waals surface area contributed by atoms with Gasteiger partial charge in [0, 0.05) is 19.4 Å². The molecule has 0 aromatic carbocycles. The van der Waals surface area contributed by atoms with Crippen LogP contribution in [0.2, 0.25) is 0 Å². The van der Waals surface area contributed by atoms with Gasteiger partial charge in [-0.05, 0) is 116 Å². The van der Waals surface area contributed by atoms with E-state index in [2.05, 4.69) is 160 Å². The van der Waals surface area contributed by atoms with Crippen molar-refractivity contribution >= 4 is 19.8 Å². The number of ether oxygens (including phenoxy) is 2. The first kappa shape index (κ1) is 78.9. The fourth-order valence-corrected chi connectivity index (χ4v) is 9.64. The number of allylic oxidation sites excluding steroid dienone is 24. The molecule has 472 valence electrons. The van der Waals surface area contributed by atoms with Gasteiger partial charge in [-0.1, -0.05) is 288 Å². The van der Waals surface area contributed by atoms with Gasteiger partial charge in [0.2, 0.25) is 0 Å². The third kappa shape index (κ3) is 66.9. The Morgan fingerprint density at radius 2 is 0.627 bits per heavy atom. The smallest absolute Gasteiger partial charge is 0.462 e. The summed E-state index contributed by atoms with van der Waals surface area (Å²) in [7, 11) is -4.40. The Labute approximate surface area is 509 Å². The number of hydrogen-bond donors (Lipinski definition) is 2. The minimum absolute atomic E-state index is 0.0460. The van der Waals surface area contributed by atoms with Crippen molar-refractivity contribution in [3.8, 4) is 0 Å². The Morgan fingerprint density at radius 1 is 0.361 bits per heavy atom. The van der Waals surface area contributed by atoms with Crippen LogP contribution in [0.25, 0.3) is 0 Å². The van der Waals surface area contributed by atoms with E-state index in [1.54, 1.807) is 0 Å². The molecule has 9 nitrogen and oxygen atoms in total. The highest BCUT2D eigenvalue weighted by atomic mass is 31.2. The summed E-state index contributed by atoms with van der Waals surface area (Å²) in [6.45, 7) is 3.51. The number of phosphoric ester groups is 1. The van der Waals surface area contributed by atoms with E-state index in [9.17, 15) is 19.0 Å². The lowest BCUT2D eigenvalue weighted by atomic mass is 10.0. The average molecular weight is 1170 g/mol. The Morgan fingerprint density at radius 3 is 0.928 bits per heavy atom. The minimum Gasteiger partial charge on any atom is -0.462 e. The Hall–Kier alpha value is -4.11. The molecular weight excluding hydrogens is 1050 g/mol. The number of phosphoric acid groups is 1. The molecule has 0 saturated heterocycles. The molecule has 0 aliphatic carbocycles. The van der Waals surface area contributed by atoms with E-state index < -0.39 is 26.5 Å². The van der Waals surface area contributed by atoms with Crippen molar-refractivity contribution in [2.45, 2.75) is 277 Å². The lowest BCUT2D eigenvalue weighted by molar-refractivity contribution is -0.161. The first-order valence-electron chi connectivity index (χ1n) is 33.3. The van der Waals surface area contributed by atoms with Crippen LogP contribution < -0.4 is 5.73 Å². The second-order valence-electron chi connectivity index (χ2n) is 21.6. The lowest BCUT2D eigenvalue weighted by Crippen LogP contribution is -2.29. The van der Waals surface area contributed by atoms with Crippen molar-refractivity contribution in [3.05, 3.63) is 146 Å². The summed E-state index contributed by atoms with van der Waals surface area (Å²) in [5, 5.41) is 0. The summed E-state index contributed by atoms with van der Waals surface area (Å²) in [6, 6.07) is 0. The van der Waals surface area contributed by atoms with E-state index in [0.717, 1.165) is 122 Å². The number of carbonyl (C=O) groups is 2. The molecule has 83 heavy (non-hydrogen) atoms. The first-order chi connectivity index (χ1) is 40.8. The van der Waals surface area contributed by atoms with E-state index >= 15 is 0 Å². The number of unbranched alkanes of at least 4 members (excludes halogenated alkanes) is 24. The highest BCUT2D eigenvalue weighted by Gasteiger charge is 2.26. The summed E-state index contributed by atoms with van der Waals surface area (Å²) < 4.78 is 33.2. The van der Waals surface area contributed by atoms with Crippen molar-refractivity contribution in [1.29, 1.82) is 0 Å². The topological polar surface area (TPSA) is 134 Å². The number of carbonyl (C=O) groups excluding carboxylic acids is 2. The SMILES string of the molecule is CC/C=C\C/C=C\C/C=C\C/C=C\C/C=C\C/C=C\C/C=C\CCCCCCCCCCCC(=O)OC(COC(=O)CCCCCCCCCCCCCCCCC/C=C\C/C=C\C/C=C\C/C=C\C/C=C\CC)COP(=O)(O)OCCN. The zero-order valence-corrected chi connectivity index (χ0v) is 53.8. The van der Waals surface area contributed by atoms with Crippen LogP contribution in [0.3, 0.4) is 0 Å². The van der Waals surface area contributed by atoms with Crippen molar-refractivity contribution in [2.24, 2.45) is 5.73 Å². The van der Waals surface area contributed by atoms with Crippen molar-refractivity contribution in [3.63, 3.8) is 0 Å². The van der Waals surface area contributed by atoms with Gasteiger partial charge in [-0.15, -0.1) is 0 Å². The molecule has 0 rings (SSSR count).